The zero-order chi connectivity index (χ0) is 13.0. The average Bonchev–Trinajstić information content (AvgIpc) is 2.30. The number of benzene rings is 1. The van der Waals surface area contributed by atoms with Gasteiger partial charge in [-0.1, -0.05) is 13.8 Å². The molecule has 0 aliphatic rings. The van der Waals surface area contributed by atoms with Gasteiger partial charge in [0.15, 0.2) is 0 Å². The first kappa shape index (κ1) is 14.0. The van der Waals surface area contributed by atoms with Gasteiger partial charge >= 0.3 is 0 Å². The lowest BCUT2D eigenvalue weighted by atomic mass is 10.0. The minimum Gasteiger partial charge on any atom is -0.495 e. The molecular weight excluding hydrogens is 284 g/mol. The Bertz CT molecular complexity index is 407. The van der Waals surface area contributed by atoms with Gasteiger partial charge in [-0.05, 0) is 34.0 Å². The van der Waals surface area contributed by atoms with Crippen molar-refractivity contribution in [1.29, 1.82) is 0 Å². The largest absolute Gasteiger partial charge is 0.495 e. The molecular formula is C12H17BrN2O2. The van der Waals surface area contributed by atoms with Gasteiger partial charge in [0, 0.05) is 11.8 Å². The third-order valence-corrected chi connectivity index (χ3v) is 3.09. The van der Waals surface area contributed by atoms with Crippen molar-refractivity contribution in [3.63, 3.8) is 0 Å². The highest BCUT2D eigenvalue weighted by Gasteiger charge is 2.17. The SMILES string of the molecule is COc1cc(NC(=O)[C@@H](N)C(C)C)ccc1Br. The van der Waals surface area contributed by atoms with Gasteiger partial charge in [-0.2, -0.15) is 0 Å². The Morgan fingerprint density at radius 1 is 1.47 bits per heavy atom. The molecule has 0 unspecified atom stereocenters. The van der Waals surface area contributed by atoms with Crippen LogP contribution in [0.1, 0.15) is 13.8 Å². The van der Waals surface area contributed by atoms with E-state index in [2.05, 4.69) is 21.2 Å². The number of anilines is 1. The Labute approximate surface area is 110 Å². The lowest BCUT2D eigenvalue weighted by molar-refractivity contribution is -0.118. The average molecular weight is 301 g/mol. The molecule has 17 heavy (non-hydrogen) atoms. The van der Waals surface area contributed by atoms with E-state index in [1.54, 1.807) is 19.2 Å². The van der Waals surface area contributed by atoms with Crippen molar-refractivity contribution in [2.75, 3.05) is 12.4 Å². The van der Waals surface area contributed by atoms with Crippen LogP contribution >= 0.6 is 15.9 Å². The molecule has 5 heteroatoms. The molecule has 0 bridgehead atoms. The number of halogens is 1. The monoisotopic (exact) mass is 300 g/mol. The fourth-order valence-electron chi connectivity index (χ4n) is 1.27. The first-order valence-corrected chi connectivity index (χ1v) is 6.15. The highest BCUT2D eigenvalue weighted by Crippen LogP contribution is 2.27. The number of ether oxygens (including phenoxy) is 1. The lowest BCUT2D eigenvalue weighted by Gasteiger charge is -2.15. The summed E-state index contributed by atoms with van der Waals surface area (Å²) >= 11 is 3.35. The van der Waals surface area contributed by atoms with Gasteiger partial charge in [-0.15, -0.1) is 0 Å². The zero-order valence-electron chi connectivity index (χ0n) is 10.2. The van der Waals surface area contributed by atoms with E-state index in [0.717, 1.165) is 4.47 Å². The molecule has 0 aromatic heterocycles. The molecule has 0 radical (unpaired) electrons. The molecule has 0 heterocycles. The number of amides is 1. The normalized spacial score (nSPS) is 12.4. The smallest absolute Gasteiger partial charge is 0.241 e. The van der Waals surface area contributed by atoms with Gasteiger partial charge in [0.25, 0.3) is 0 Å². The summed E-state index contributed by atoms with van der Waals surface area (Å²) < 4.78 is 5.98. The second-order valence-electron chi connectivity index (χ2n) is 4.11. The summed E-state index contributed by atoms with van der Waals surface area (Å²) in [5, 5.41) is 2.76. The highest BCUT2D eigenvalue weighted by atomic mass is 79.9. The van der Waals surface area contributed by atoms with E-state index in [0.29, 0.717) is 11.4 Å². The number of methoxy groups -OCH3 is 1. The quantitative estimate of drug-likeness (QED) is 0.897. The molecule has 3 N–H and O–H groups in total. The van der Waals surface area contributed by atoms with Gasteiger partial charge in [0.1, 0.15) is 5.75 Å². The van der Waals surface area contributed by atoms with Gasteiger partial charge in [0.05, 0.1) is 17.6 Å². The number of hydrogen-bond donors (Lipinski definition) is 2. The highest BCUT2D eigenvalue weighted by molar-refractivity contribution is 9.10. The Hall–Kier alpha value is -1.07. The van der Waals surface area contributed by atoms with E-state index in [1.165, 1.54) is 0 Å². The molecule has 0 saturated carbocycles. The second kappa shape index (κ2) is 6.02. The summed E-state index contributed by atoms with van der Waals surface area (Å²) in [6.07, 6.45) is 0. The van der Waals surface area contributed by atoms with E-state index in [9.17, 15) is 4.79 Å². The predicted octanol–water partition coefficient (Wildman–Crippen LogP) is 2.38. The van der Waals surface area contributed by atoms with Gasteiger partial charge in [-0.25, -0.2) is 0 Å². The Morgan fingerprint density at radius 3 is 2.65 bits per heavy atom. The molecule has 0 saturated heterocycles. The van der Waals surface area contributed by atoms with Crippen molar-refractivity contribution in [2.45, 2.75) is 19.9 Å². The van der Waals surface area contributed by atoms with E-state index >= 15 is 0 Å². The van der Waals surface area contributed by atoms with Gasteiger partial charge < -0.3 is 15.8 Å². The second-order valence-corrected chi connectivity index (χ2v) is 4.96. The van der Waals surface area contributed by atoms with Crippen LogP contribution in [0.5, 0.6) is 5.75 Å². The number of carbonyl (C=O) groups is 1. The van der Waals surface area contributed by atoms with Crippen LogP contribution in [0, 0.1) is 5.92 Å². The Morgan fingerprint density at radius 2 is 2.12 bits per heavy atom. The Balaban J connectivity index is 2.78. The third-order valence-electron chi connectivity index (χ3n) is 2.44. The molecule has 0 aliphatic carbocycles. The van der Waals surface area contributed by atoms with Crippen LogP contribution < -0.4 is 15.8 Å². The summed E-state index contributed by atoms with van der Waals surface area (Å²) in [5.41, 5.74) is 6.43. The molecule has 0 spiro atoms. The molecule has 1 rings (SSSR count). The topological polar surface area (TPSA) is 64.3 Å². The van der Waals surface area contributed by atoms with Crippen LogP contribution in [0.4, 0.5) is 5.69 Å². The minimum atomic E-state index is -0.510. The fraction of sp³-hybridized carbons (Fsp3) is 0.417. The van der Waals surface area contributed by atoms with E-state index in [1.807, 2.05) is 19.9 Å². The molecule has 1 aromatic rings. The third kappa shape index (κ3) is 3.71. The summed E-state index contributed by atoms with van der Waals surface area (Å²) in [5.74, 6) is 0.581. The van der Waals surface area contributed by atoms with Crippen molar-refractivity contribution >= 4 is 27.5 Å². The first-order valence-electron chi connectivity index (χ1n) is 5.35. The maximum absolute atomic E-state index is 11.7. The van der Waals surface area contributed by atoms with Crippen LogP contribution in [0.25, 0.3) is 0 Å². The van der Waals surface area contributed by atoms with Crippen molar-refractivity contribution in [3.05, 3.63) is 22.7 Å². The van der Waals surface area contributed by atoms with E-state index in [-0.39, 0.29) is 11.8 Å². The van der Waals surface area contributed by atoms with E-state index in [4.69, 9.17) is 10.5 Å². The van der Waals surface area contributed by atoms with Crippen molar-refractivity contribution in [3.8, 4) is 5.75 Å². The predicted molar refractivity (Wildman–Crippen MR) is 72.1 cm³/mol. The summed E-state index contributed by atoms with van der Waals surface area (Å²) in [6.45, 7) is 3.82. The van der Waals surface area contributed by atoms with Gasteiger partial charge in [-0.3, -0.25) is 4.79 Å². The fourth-order valence-corrected chi connectivity index (χ4v) is 1.67. The summed E-state index contributed by atoms with van der Waals surface area (Å²) in [4.78, 5) is 11.7. The summed E-state index contributed by atoms with van der Waals surface area (Å²) in [6, 6.07) is 4.84. The molecule has 1 aromatic carbocycles. The number of carbonyl (C=O) groups excluding carboxylic acids is 1. The van der Waals surface area contributed by atoms with Crippen LogP contribution in [0.15, 0.2) is 22.7 Å². The minimum absolute atomic E-state index is 0.104. The van der Waals surface area contributed by atoms with E-state index < -0.39 is 6.04 Å². The molecule has 1 amide bonds. The maximum atomic E-state index is 11.7. The number of nitrogens with one attached hydrogen (secondary N) is 1. The molecule has 94 valence electrons. The summed E-state index contributed by atoms with van der Waals surface area (Å²) in [7, 11) is 1.57. The Kier molecular flexibility index (Phi) is 4.96. The standard InChI is InChI=1S/C12H17BrN2O2/c1-7(2)11(14)12(16)15-8-4-5-9(13)10(6-8)17-3/h4-7,11H,14H2,1-3H3,(H,15,16)/t11-/m0/s1. The van der Waals surface area contributed by atoms with Crippen LogP contribution in [-0.2, 0) is 4.79 Å². The van der Waals surface area contributed by atoms with Crippen LogP contribution in [0.3, 0.4) is 0 Å². The maximum Gasteiger partial charge on any atom is 0.241 e. The van der Waals surface area contributed by atoms with Crippen LogP contribution in [-0.4, -0.2) is 19.1 Å². The van der Waals surface area contributed by atoms with Crippen molar-refractivity contribution < 1.29 is 9.53 Å². The van der Waals surface area contributed by atoms with Crippen molar-refractivity contribution in [2.24, 2.45) is 11.7 Å². The molecule has 0 fully saturated rings. The lowest BCUT2D eigenvalue weighted by Crippen LogP contribution is -2.39. The first-order chi connectivity index (χ1) is 7.95. The number of rotatable bonds is 4. The zero-order valence-corrected chi connectivity index (χ0v) is 11.7. The van der Waals surface area contributed by atoms with Crippen molar-refractivity contribution in [1.82, 2.24) is 0 Å². The molecule has 4 nitrogen and oxygen atoms in total. The molecule has 1 atom stereocenters. The number of hydrogen-bond acceptors (Lipinski definition) is 3. The van der Waals surface area contributed by atoms with Gasteiger partial charge in [0.2, 0.25) is 5.91 Å². The molecule has 0 aliphatic heterocycles. The van der Waals surface area contributed by atoms with Crippen LogP contribution in [0.2, 0.25) is 0 Å². The number of nitrogens with two attached hydrogens (primary N) is 1.